The van der Waals surface area contributed by atoms with E-state index in [1.54, 1.807) is 30.3 Å². The minimum atomic E-state index is -0.409. The SMILES string of the molecule is CCC1CN(CCOc2ccc([C@@H]3Oc4ccc(O)cc4C(C)=C3c3cc(F)ccc3C)cc2)C1. The van der Waals surface area contributed by atoms with E-state index in [4.69, 9.17) is 9.47 Å². The molecule has 5 heteroatoms. The van der Waals surface area contributed by atoms with Gasteiger partial charge in [0.05, 0.1) is 0 Å². The van der Waals surface area contributed by atoms with Crippen LogP contribution in [0.25, 0.3) is 11.1 Å². The van der Waals surface area contributed by atoms with Crippen LogP contribution in [0, 0.1) is 18.7 Å². The van der Waals surface area contributed by atoms with E-state index in [1.807, 2.05) is 38.1 Å². The van der Waals surface area contributed by atoms with Crippen LogP contribution >= 0.6 is 0 Å². The third kappa shape index (κ3) is 4.78. The summed E-state index contributed by atoms with van der Waals surface area (Å²) in [5.41, 5.74) is 5.41. The lowest BCUT2D eigenvalue weighted by molar-refractivity contribution is 0.0806. The first-order valence-corrected chi connectivity index (χ1v) is 12.4. The molecule has 3 aromatic rings. The Hall–Kier alpha value is -3.31. The van der Waals surface area contributed by atoms with E-state index in [0.717, 1.165) is 51.6 Å². The number of nitrogens with zero attached hydrogens (tertiary/aromatic N) is 1. The molecule has 0 amide bonds. The number of aryl methyl sites for hydroxylation is 1. The predicted molar refractivity (Wildman–Crippen MR) is 137 cm³/mol. The van der Waals surface area contributed by atoms with Crippen LogP contribution in [0.5, 0.6) is 17.2 Å². The molecule has 2 heterocycles. The van der Waals surface area contributed by atoms with Gasteiger partial charge in [-0.15, -0.1) is 0 Å². The minimum absolute atomic E-state index is 0.172. The molecule has 5 rings (SSSR count). The number of phenolic OH excluding ortho intramolecular Hbond substituents is 1. The number of ether oxygens (including phenoxy) is 2. The number of fused-ring (bicyclic) bond motifs is 1. The number of hydrogen-bond acceptors (Lipinski definition) is 4. The molecule has 0 aliphatic carbocycles. The quantitative estimate of drug-likeness (QED) is 0.418. The van der Waals surface area contributed by atoms with Crippen molar-refractivity contribution in [1.82, 2.24) is 4.90 Å². The maximum Gasteiger partial charge on any atom is 0.150 e. The smallest absolute Gasteiger partial charge is 0.150 e. The standard InChI is InChI=1S/C30H32FNO3/c1-4-21-17-32(18-21)13-14-34-25-10-6-22(7-11-25)30-29(26-15-23(31)8-5-19(26)2)20(3)27-16-24(33)9-12-28(27)35-30/h5-12,15-16,21,30,33H,4,13-14,17-18H2,1-3H3/t30-/m0/s1. The first-order valence-electron chi connectivity index (χ1n) is 12.4. The molecule has 1 saturated heterocycles. The summed E-state index contributed by atoms with van der Waals surface area (Å²) in [4.78, 5) is 2.43. The van der Waals surface area contributed by atoms with Crippen molar-refractivity contribution in [3.63, 3.8) is 0 Å². The fourth-order valence-electron chi connectivity index (χ4n) is 5.05. The van der Waals surface area contributed by atoms with E-state index < -0.39 is 6.10 Å². The Kier molecular flexibility index (Phi) is 6.52. The van der Waals surface area contributed by atoms with Crippen molar-refractivity contribution in [1.29, 1.82) is 0 Å². The second-order valence-electron chi connectivity index (χ2n) is 9.63. The Balaban J connectivity index is 1.41. The van der Waals surface area contributed by atoms with Crippen LogP contribution < -0.4 is 9.47 Å². The van der Waals surface area contributed by atoms with Gasteiger partial charge in [-0.2, -0.15) is 0 Å². The molecule has 0 bridgehead atoms. The molecule has 4 nitrogen and oxygen atoms in total. The molecular formula is C30H32FNO3. The van der Waals surface area contributed by atoms with Crippen molar-refractivity contribution in [2.75, 3.05) is 26.2 Å². The molecular weight excluding hydrogens is 441 g/mol. The van der Waals surface area contributed by atoms with Gasteiger partial charge in [0.25, 0.3) is 0 Å². The molecule has 2 aliphatic rings. The summed E-state index contributed by atoms with van der Waals surface area (Å²) < 4.78 is 26.7. The maximum absolute atomic E-state index is 14.3. The van der Waals surface area contributed by atoms with Crippen LogP contribution in [0.3, 0.4) is 0 Å². The van der Waals surface area contributed by atoms with Gasteiger partial charge in [0, 0.05) is 30.8 Å². The van der Waals surface area contributed by atoms with Gasteiger partial charge in [-0.05, 0) is 84.5 Å². The van der Waals surface area contributed by atoms with Gasteiger partial charge in [-0.3, -0.25) is 4.90 Å². The number of rotatable bonds is 7. The summed E-state index contributed by atoms with van der Waals surface area (Å²) in [6.07, 6.45) is 0.840. The van der Waals surface area contributed by atoms with Crippen LogP contribution in [0.15, 0.2) is 60.7 Å². The van der Waals surface area contributed by atoms with E-state index in [2.05, 4.69) is 11.8 Å². The highest BCUT2D eigenvalue weighted by Crippen LogP contribution is 2.48. The van der Waals surface area contributed by atoms with Crippen molar-refractivity contribution < 1.29 is 19.0 Å². The van der Waals surface area contributed by atoms with E-state index in [-0.39, 0.29) is 11.6 Å². The van der Waals surface area contributed by atoms with E-state index in [1.165, 1.54) is 25.6 Å². The molecule has 0 unspecified atom stereocenters. The summed E-state index contributed by atoms with van der Waals surface area (Å²) in [7, 11) is 0. The molecule has 182 valence electrons. The molecule has 1 N–H and O–H groups in total. The number of hydrogen-bond donors (Lipinski definition) is 1. The lowest BCUT2D eigenvalue weighted by Crippen LogP contribution is -2.47. The molecule has 35 heavy (non-hydrogen) atoms. The van der Waals surface area contributed by atoms with Crippen molar-refractivity contribution in [3.8, 4) is 17.2 Å². The van der Waals surface area contributed by atoms with E-state index in [0.29, 0.717) is 12.4 Å². The minimum Gasteiger partial charge on any atom is -0.508 e. The molecule has 2 aliphatic heterocycles. The van der Waals surface area contributed by atoms with Gasteiger partial charge in [0.2, 0.25) is 0 Å². The number of benzene rings is 3. The average molecular weight is 474 g/mol. The Bertz CT molecular complexity index is 1240. The number of likely N-dealkylation sites (tertiary alicyclic amines) is 1. The summed E-state index contributed by atoms with van der Waals surface area (Å²) in [6.45, 7) is 10.2. The number of allylic oxidation sites excluding steroid dienone is 1. The molecule has 0 radical (unpaired) electrons. The van der Waals surface area contributed by atoms with Crippen LogP contribution in [0.1, 0.15) is 48.6 Å². The largest absolute Gasteiger partial charge is 0.508 e. The zero-order chi connectivity index (χ0) is 24.5. The van der Waals surface area contributed by atoms with Gasteiger partial charge in [0.15, 0.2) is 0 Å². The van der Waals surface area contributed by atoms with Crippen molar-refractivity contribution in [2.24, 2.45) is 5.92 Å². The Morgan fingerprint density at radius 3 is 2.51 bits per heavy atom. The predicted octanol–water partition coefficient (Wildman–Crippen LogP) is 6.62. The fourth-order valence-corrected chi connectivity index (χ4v) is 5.05. The molecule has 0 saturated carbocycles. The van der Waals surface area contributed by atoms with Crippen LogP contribution in [-0.4, -0.2) is 36.2 Å². The first kappa shape index (κ1) is 23.4. The lowest BCUT2D eigenvalue weighted by Gasteiger charge is -2.38. The van der Waals surface area contributed by atoms with E-state index >= 15 is 0 Å². The second kappa shape index (κ2) is 9.74. The van der Waals surface area contributed by atoms with Gasteiger partial charge in [-0.25, -0.2) is 4.39 Å². The van der Waals surface area contributed by atoms with Gasteiger partial charge in [-0.1, -0.05) is 31.5 Å². The van der Waals surface area contributed by atoms with Crippen molar-refractivity contribution in [3.05, 3.63) is 88.7 Å². The molecule has 3 aromatic carbocycles. The van der Waals surface area contributed by atoms with Crippen LogP contribution in [-0.2, 0) is 0 Å². The third-order valence-electron chi connectivity index (χ3n) is 7.24. The normalized spacial score (nSPS) is 18.1. The average Bonchev–Trinajstić information content (AvgIpc) is 2.83. The molecule has 0 spiro atoms. The summed E-state index contributed by atoms with van der Waals surface area (Å²) in [5, 5.41) is 10.1. The lowest BCUT2D eigenvalue weighted by atomic mass is 9.84. The van der Waals surface area contributed by atoms with Gasteiger partial charge >= 0.3 is 0 Å². The molecule has 1 fully saturated rings. The summed E-state index contributed by atoms with van der Waals surface area (Å²) in [5.74, 6) is 2.24. The van der Waals surface area contributed by atoms with Crippen LogP contribution in [0.4, 0.5) is 4.39 Å². The Morgan fingerprint density at radius 2 is 1.77 bits per heavy atom. The number of halogens is 1. The number of phenols is 1. The van der Waals surface area contributed by atoms with E-state index in [9.17, 15) is 9.50 Å². The molecule has 0 aromatic heterocycles. The highest BCUT2D eigenvalue weighted by molar-refractivity contribution is 5.96. The fraction of sp³-hybridized carbons (Fsp3) is 0.333. The Labute approximate surface area is 206 Å². The van der Waals surface area contributed by atoms with Crippen LogP contribution in [0.2, 0.25) is 0 Å². The van der Waals surface area contributed by atoms with Gasteiger partial charge in [0.1, 0.15) is 35.8 Å². The topological polar surface area (TPSA) is 41.9 Å². The number of aromatic hydroxyl groups is 1. The Morgan fingerprint density at radius 1 is 1.00 bits per heavy atom. The zero-order valence-electron chi connectivity index (χ0n) is 20.6. The third-order valence-corrected chi connectivity index (χ3v) is 7.24. The molecule has 1 atom stereocenters. The highest BCUT2D eigenvalue weighted by atomic mass is 19.1. The zero-order valence-corrected chi connectivity index (χ0v) is 20.6. The maximum atomic E-state index is 14.3. The van der Waals surface area contributed by atoms with Crippen molar-refractivity contribution >= 4 is 11.1 Å². The highest BCUT2D eigenvalue weighted by Gasteiger charge is 2.30. The van der Waals surface area contributed by atoms with Gasteiger partial charge < -0.3 is 14.6 Å². The van der Waals surface area contributed by atoms with Crippen molar-refractivity contribution in [2.45, 2.75) is 33.3 Å². The first-order chi connectivity index (χ1) is 16.9. The monoisotopic (exact) mass is 473 g/mol. The second-order valence-corrected chi connectivity index (χ2v) is 9.63. The summed E-state index contributed by atoms with van der Waals surface area (Å²) in [6, 6.07) is 17.9. The summed E-state index contributed by atoms with van der Waals surface area (Å²) >= 11 is 0.